The van der Waals surface area contributed by atoms with Gasteiger partial charge >= 0.3 is 0 Å². The summed E-state index contributed by atoms with van der Waals surface area (Å²) in [6.45, 7) is 1.51. The maximum Gasteiger partial charge on any atom is 0.281 e. The lowest BCUT2D eigenvalue weighted by Crippen LogP contribution is -2.59. The van der Waals surface area contributed by atoms with Gasteiger partial charge in [-0.05, 0) is 0 Å². The van der Waals surface area contributed by atoms with E-state index in [2.05, 4.69) is 5.32 Å². The van der Waals surface area contributed by atoms with E-state index in [0.29, 0.717) is 0 Å². The Morgan fingerprint density at radius 2 is 1.75 bits per heavy atom. The molecule has 0 amide bonds. The second-order valence-electron chi connectivity index (χ2n) is 3.12. The molecule has 1 aliphatic heterocycles. The van der Waals surface area contributed by atoms with E-state index in [-0.39, 0.29) is 6.04 Å². The molecular weight excluding hydrogens is 178 g/mol. The number of rotatable bonds is 3. The third-order valence-corrected chi connectivity index (χ3v) is 4.05. The SMILES string of the molecule is CN(C)S(=O)(=O)N(C)C1CNC1. The Morgan fingerprint density at radius 1 is 1.25 bits per heavy atom. The van der Waals surface area contributed by atoms with Crippen LogP contribution in [-0.4, -0.2) is 57.3 Å². The van der Waals surface area contributed by atoms with Crippen LogP contribution in [0, 0.1) is 0 Å². The second kappa shape index (κ2) is 3.29. The predicted molar refractivity (Wildman–Crippen MR) is 47.0 cm³/mol. The van der Waals surface area contributed by atoms with Crippen molar-refractivity contribution in [2.45, 2.75) is 6.04 Å². The molecule has 1 fully saturated rings. The monoisotopic (exact) mass is 193 g/mol. The van der Waals surface area contributed by atoms with Crippen molar-refractivity contribution in [1.29, 1.82) is 0 Å². The van der Waals surface area contributed by atoms with Crippen LogP contribution in [0.1, 0.15) is 0 Å². The fourth-order valence-corrected chi connectivity index (χ4v) is 2.02. The van der Waals surface area contributed by atoms with Gasteiger partial charge in [0.1, 0.15) is 0 Å². The van der Waals surface area contributed by atoms with Gasteiger partial charge in [0.25, 0.3) is 10.2 Å². The van der Waals surface area contributed by atoms with Crippen LogP contribution in [0.4, 0.5) is 0 Å². The smallest absolute Gasteiger partial charge is 0.281 e. The topological polar surface area (TPSA) is 52.7 Å². The molecule has 1 saturated heterocycles. The molecule has 1 N–H and O–H groups in total. The Morgan fingerprint density at radius 3 is 2.00 bits per heavy atom. The van der Waals surface area contributed by atoms with E-state index in [1.165, 1.54) is 22.7 Å². The maximum atomic E-state index is 11.5. The first-order valence-electron chi connectivity index (χ1n) is 3.82. The van der Waals surface area contributed by atoms with E-state index in [0.717, 1.165) is 13.1 Å². The summed E-state index contributed by atoms with van der Waals surface area (Å²) in [4.78, 5) is 0. The van der Waals surface area contributed by atoms with Crippen LogP contribution in [0.15, 0.2) is 0 Å². The fraction of sp³-hybridized carbons (Fsp3) is 1.00. The van der Waals surface area contributed by atoms with E-state index >= 15 is 0 Å². The van der Waals surface area contributed by atoms with Gasteiger partial charge in [-0.1, -0.05) is 0 Å². The van der Waals surface area contributed by atoms with E-state index in [9.17, 15) is 8.42 Å². The number of hydrogen-bond acceptors (Lipinski definition) is 3. The molecule has 72 valence electrons. The third kappa shape index (κ3) is 1.61. The van der Waals surface area contributed by atoms with Crippen LogP contribution in [-0.2, 0) is 10.2 Å². The van der Waals surface area contributed by atoms with E-state index in [4.69, 9.17) is 0 Å². The summed E-state index contributed by atoms with van der Waals surface area (Å²) in [5.41, 5.74) is 0. The highest BCUT2D eigenvalue weighted by atomic mass is 32.2. The van der Waals surface area contributed by atoms with Crippen molar-refractivity contribution in [2.24, 2.45) is 0 Å². The minimum absolute atomic E-state index is 0.123. The maximum absolute atomic E-state index is 11.5. The molecule has 0 aromatic rings. The molecule has 0 bridgehead atoms. The quantitative estimate of drug-likeness (QED) is 0.606. The van der Waals surface area contributed by atoms with E-state index in [1.807, 2.05) is 0 Å². The standard InChI is InChI=1S/C6H15N3O2S/c1-8(2)12(10,11)9(3)6-4-7-5-6/h6-7H,4-5H2,1-3H3. The van der Waals surface area contributed by atoms with Crippen LogP contribution in [0.25, 0.3) is 0 Å². The number of likely N-dealkylation sites (N-methyl/N-ethyl adjacent to an activating group) is 1. The first-order chi connectivity index (χ1) is 5.46. The number of nitrogens with one attached hydrogen (secondary N) is 1. The van der Waals surface area contributed by atoms with Crippen molar-refractivity contribution >= 4 is 10.2 Å². The van der Waals surface area contributed by atoms with Gasteiger partial charge in [-0.3, -0.25) is 0 Å². The zero-order valence-corrected chi connectivity index (χ0v) is 8.43. The van der Waals surface area contributed by atoms with Crippen molar-refractivity contribution < 1.29 is 8.42 Å². The lowest BCUT2D eigenvalue weighted by Gasteiger charge is -2.35. The summed E-state index contributed by atoms with van der Waals surface area (Å²) in [6.07, 6.45) is 0. The third-order valence-electron chi connectivity index (χ3n) is 2.10. The van der Waals surface area contributed by atoms with Crippen LogP contribution in [0.2, 0.25) is 0 Å². The summed E-state index contributed by atoms with van der Waals surface area (Å²) in [7, 11) is 1.48. The fourth-order valence-electron chi connectivity index (χ4n) is 0.977. The number of hydrogen-bond donors (Lipinski definition) is 1. The molecular formula is C6H15N3O2S. The van der Waals surface area contributed by atoms with Crippen molar-refractivity contribution in [3.8, 4) is 0 Å². The zero-order chi connectivity index (χ0) is 9.35. The largest absolute Gasteiger partial charge is 0.313 e. The van der Waals surface area contributed by atoms with Crippen LogP contribution >= 0.6 is 0 Å². The van der Waals surface area contributed by atoms with Crippen LogP contribution < -0.4 is 5.32 Å². The molecule has 5 nitrogen and oxygen atoms in total. The molecule has 1 aliphatic rings. The Labute approximate surface area is 73.5 Å². The molecule has 1 heterocycles. The average molecular weight is 193 g/mol. The summed E-state index contributed by atoms with van der Waals surface area (Å²) in [5, 5.41) is 3.03. The first kappa shape index (κ1) is 9.91. The van der Waals surface area contributed by atoms with Gasteiger partial charge in [-0.25, -0.2) is 0 Å². The average Bonchev–Trinajstić information content (AvgIpc) is 1.83. The van der Waals surface area contributed by atoms with Gasteiger partial charge in [0.2, 0.25) is 0 Å². The highest BCUT2D eigenvalue weighted by Gasteiger charge is 2.31. The first-order valence-corrected chi connectivity index (χ1v) is 5.22. The van der Waals surface area contributed by atoms with Gasteiger partial charge in [0.15, 0.2) is 0 Å². The van der Waals surface area contributed by atoms with Gasteiger partial charge in [0, 0.05) is 34.2 Å². The Bertz CT molecular complexity index is 246. The molecule has 0 aliphatic carbocycles. The Balaban J connectivity index is 2.67. The minimum atomic E-state index is -3.21. The van der Waals surface area contributed by atoms with Crippen molar-refractivity contribution in [1.82, 2.24) is 13.9 Å². The molecule has 6 heteroatoms. The molecule has 0 spiro atoms. The summed E-state index contributed by atoms with van der Waals surface area (Å²) < 4.78 is 25.6. The second-order valence-corrected chi connectivity index (χ2v) is 5.32. The lowest BCUT2D eigenvalue weighted by atomic mass is 10.2. The summed E-state index contributed by atoms with van der Waals surface area (Å²) in [5.74, 6) is 0. The van der Waals surface area contributed by atoms with Gasteiger partial charge < -0.3 is 5.32 Å². The zero-order valence-electron chi connectivity index (χ0n) is 7.61. The predicted octanol–water partition coefficient (Wildman–Crippen LogP) is -1.30. The molecule has 0 saturated carbocycles. The Kier molecular flexibility index (Phi) is 2.72. The van der Waals surface area contributed by atoms with Gasteiger partial charge in [0.05, 0.1) is 6.04 Å². The normalized spacial score (nSPS) is 20.1. The highest BCUT2D eigenvalue weighted by Crippen LogP contribution is 2.09. The molecule has 0 aromatic carbocycles. The van der Waals surface area contributed by atoms with Crippen LogP contribution in [0.5, 0.6) is 0 Å². The molecule has 0 aromatic heterocycles. The van der Waals surface area contributed by atoms with Crippen molar-refractivity contribution in [3.63, 3.8) is 0 Å². The molecule has 1 rings (SSSR count). The van der Waals surface area contributed by atoms with Crippen molar-refractivity contribution in [3.05, 3.63) is 0 Å². The van der Waals surface area contributed by atoms with E-state index < -0.39 is 10.2 Å². The van der Waals surface area contributed by atoms with Crippen LogP contribution in [0.3, 0.4) is 0 Å². The van der Waals surface area contributed by atoms with Gasteiger partial charge in [-0.15, -0.1) is 0 Å². The summed E-state index contributed by atoms with van der Waals surface area (Å²) >= 11 is 0. The summed E-state index contributed by atoms with van der Waals surface area (Å²) in [6, 6.07) is 0.123. The molecule has 0 radical (unpaired) electrons. The minimum Gasteiger partial charge on any atom is -0.313 e. The number of nitrogens with zero attached hydrogens (tertiary/aromatic N) is 2. The van der Waals surface area contributed by atoms with Crippen molar-refractivity contribution in [2.75, 3.05) is 34.2 Å². The molecule has 12 heavy (non-hydrogen) atoms. The Hall–Kier alpha value is -0.170. The van der Waals surface area contributed by atoms with E-state index in [1.54, 1.807) is 7.05 Å². The highest BCUT2D eigenvalue weighted by molar-refractivity contribution is 7.86. The molecule has 0 atom stereocenters. The molecule has 0 unspecified atom stereocenters. The lowest BCUT2D eigenvalue weighted by molar-refractivity contribution is 0.262. The van der Waals surface area contributed by atoms with Gasteiger partial charge in [-0.2, -0.15) is 17.0 Å².